The summed E-state index contributed by atoms with van der Waals surface area (Å²) in [6, 6.07) is 34.9. The molecule has 1 aliphatic carbocycles. The molecule has 1 aliphatic rings. The number of hydrogen-bond acceptors (Lipinski definition) is 7. The van der Waals surface area contributed by atoms with Crippen molar-refractivity contribution in [3.8, 4) is 28.4 Å². The predicted molar refractivity (Wildman–Crippen MR) is 202 cm³/mol. The van der Waals surface area contributed by atoms with Crippen LogP contribution in [0.5, 0.6) is 17.2 Å². The molecule has 0 fully saturated rings. The molecule has 0 saturated heterocycles. The van der Waals surface area contributed by atoms with Gasteiger partial charge in [0.2, 0.25) is 5.91 Å². The number of hydrogen-bond donors (Lipinski definition) is 3. The van der Waals surface area contributed by atoms with Crippen molar-refractivity contribution in [2.45, 2.75) is 38.4 Å². The van der Waals surface area contributed by atoms with Crippen LogP contribution in [0.15, 0.2) is 115 Å². The van der Waals surface area contributed by atoms with Crippen LogP contribution in [0.2, 0.25) is 0 Å². The Balaban J connectivity index is 1.10. The maximum absolute atomic E-state index is 13.7. The smallest absolute Gasteiger partial charge is 0.407 e. The highest BCUT2D eigenvalue weighted by Crippen LogP contribution is 2.44. The molecule has 0 spiro atoms. The summed E-state index contributed by atoms with van der Waals surface area (Å²) in [5, 5.41) is 8.61. The van der Waals surface area contributed by atoms with E-state index in [4.69, 9.17) is 18.9 Å². The van der Waals surface area contributed by atoms with E-state index in [1.54, 1.807) is 63.6 Å². The van der Waals surface area contributed by atoms with Crippen molar-refractivity contribution in [1.82, 2.24) is 16.0 Å². The lowest BCUT2D eigenvalue weighted by Crippen LogP contribution is -2.46. The molecule has 6 rings (SSSR count). The van der Waals surface area contributed by atoms with Crippen LogP contribution in [-0.4, -0.2) is 51.4 Å². The lowest BCUT2D eigenvalue weighted by Gasteiger charge is -2.25. The first-order valence-electron chi connectivity index (χ1n) is 17.4. The summed E-state index contributed by atoms with van der Waals surface area (Å²) >= 11 is 0. The molecular weight excluding hydrogens is 670 g/mol. The van der Waals surface area contributed by atoms with E-state index in [0.29, 0.717) is 34.9 Å². The first kappa shape index (κ1) is 36.5. The van der Waals surface area contributed by atoms with E-state index in [2.05, 4.69) is 28.1 Å². The maximum atomic E-state index is 13.7. The van der Waals surface area contributed by atoms with Gasteiger partial charge in [0.05, 0.1) is 20.3 Å². The number of carbonyl (C=O) groups is 3. The van der Waals surface area contributed by atoms with Gasteiger partial charge in [0.1, 0.15) is 29.9 Å². The van der Waals surface area contributed by atoms with Crippen molar-refractivity contribution in [3.05, 3.63) is 149 Å². The second-order valence-electron chi connectivity index (χ2n) is 12.9. The second-order valence-corrected chi connectivity index (χ2v) is 12.9. The van der Waals surface area contributed by atoms with Gasteiger partial charge in [0, 0.05) is 18.0 Å². The van der Waals surface area contributed by atoms with Gasteiger partial charge in [-0.25, -0.2) is 4.79 Å². The maximum Gasteiger partial charge on any atom is 0.407 e. The lowest BCUT2D eigenvalue weighted by molar-refractivity contribution is -0.124. The van der Waals surface area contributed by atoms with E-state index in [0.717, 1.165) is 33.4 Å². The molecule has 0 radical (unpaired) electrons. The van der Waals surface area contributed by atoms with E-state index in [9.17, 15) is 14.4 Å². The van der Waals surface area contributed by atoms with Crippen molar-refractivity contribution < 1.29 is 33.3 Å². The van der Waals surface area contributed by atoms with Gasteiger partial charge < -0.3 is 34.9 Å². The van der Waals surface area contributed by atoms with E-state index in [1.165, 1.54) is 0 Å². The number of carbonyl (C=O) groups excluding carboxylic acids is 3. The molecule has 1 unspecified atom stereocenters. The Labute approximate surface area is 309 Å². The Morgan fingerprint density at radius 3 is 2.02 bits per heavy atom. The number of fused-ring (bicyclic) bond motifs is 3. The largest absolute Gasteiger partial charge is 0.497 e. The topological polar surface area (TPSA) is 124 Å². The average molecular weight is 714 g/mol. The van der Waals surface area contributed by atoms with Gasteiger partial charge in [0.25, 0.3) is 5.91 Å². The van der Waals surface area contributed by atoms with Crippen molar-refractivity contribution in [2.24, 2.45) is 0 Å². The fraction of sp³-hybridized carbons (Fsp3) is 0.233. The highest BCUT2D eigenvalue weighted by Gasteiger charge is 2.30. The van der Waals surface area contributed by atoms with Gasteiger partial charge in [-0.1, -0.05) is 90.5 Å². The summed E-state index contributed by atoms with van der Waals surface area (Å²) in [4.78, 5) is 39.2. The minimum Gasteiger partial charge on any atom is -0.497 e. The standard InChI is InChI=1S/C43H43N3O7/c1-27-13-15-29(16-14-27)24-44-40(47)26-52-31-19-17-30(18-20-31)41(37-23-32(50-3)21-22-39(37)51-4)46-42(48)28(2)45-43(49)53-25-38-35-11-7-5-9-33(35)34-10-6-8-12-36(34)38/h5-23,28,38,41H,24-26H2,1-4H3,(H,44,47)(H,45,49)(H,46,48)/t28-,41?/m0/s1. The van der Waals surface area contributed by atoms with Gasteiger partial charge in [0.15, 0.2) is 6.61 Å². The zero-order valence-electron chi connectivity index (χ0n) is 30.2. The third-order valence-corrected chi connectivity index (χ3v) is 9.30. The SMILES string of the molecule is COc1ccc(OC)c(C(NC(=O)[C@H](C)NC(=O)OCC2c3ccccc3-c3ccccc32)c2ccc(OCC(=O)NCc3ccc(C)cc3)cc2)c1. The molecule has 0 saturated carbocycles. The molecule has 3 amide bonds. The number of alkyl carbamates (subject to hydrolysis) is 1. The molecule has 0 aromatic heterocycles. The fourth-order valence-electron chi connectivity index (χ4n) is 6.42. The Bertz CT molecular complexity index is 2020. The van der Waals surface area contributed by atoms with Gasteiger partial charge in [-0.2, -0.15) is 0 Å². The molecule has 53 heavy (non-hydrogen) atoms. The highest BCUT2D eigenvalue weighted by molar-refractivity contribution is 5.86. The molecule has 10 nitrogen and oxygen atoms in total. The number of methoxy groups -OCH3 is 2. The third-order valence-electron chi connectivity index (χ3n) is 9.30. The molecule has 0 aliphatic heterocycles. The number of amides is 3. The Morgan fingerprint density at radius 2 is 1.38 bits per heavy atom. The summed E-state index contributed by atoms with van der Waals surface area (Å²) in [6.45, 7) is 3.98. The number of ether oxygens (including phenoxy) is 4. The molecule has 3 N–H and O–H groups in total. The molecule has 5 aromatic rings. The lowest BCUT2D eigenvalue weighted by atomic mass is 9.96. The van der Waals surface area contributed by atoms with Crippen LogP contribution in [0.4, 0.5) is 4.79 Å². The van der Waals surface area contributed by atoms with Crippen LogP contribution in [-0.2, 0) is 20.9 Å². The van der Waals surface area contributed by atoms with E-state index < -0.39 is 24.1 Å². The number of benzene rings is 5. The fourth-order valence-corrected chi connectivity index (χ4v) is 6.42. The monoisotopic (exact) mass is 713 g/mol. The summed E-state index contributed by atoms with van der Waals surface area (Å²) in [7, 11) is 3.11. The van der Waals surface area contributed by atoms with Gasteiger partial charge in [-0.15, -0.1) is 0 Å². The molecule has 5 aromatic carbocycles. The zero-order valence-corrected chi connectivity index (χ0v) is 30.2. The Hall–Kier alpha value is -6.29. The van der Waals surface area contributed by atoms with E-state index in [1.807, 2.05) is 67.6 Å². The minimum absolute atomic E-state index is 0.109. The summed E-state index contributed by atoms with van der Waals surface area (Å²) in [5.41, 5.74) is 7.94. The number of nitrogens with one attached hydrogen (secondary N) is 3. The first-order valence-corrected chi connectivity index (χ1v) is 17.4. The normalized spacial score (nSPS) is 12.8. The zero-order chi connectivity index (χ0) is 37.3. The van der Waals surface area contributed by atoms with Crippen LogP contribution in [0, 0.1) is 6.92 Å². The molecule has 272 valence electrons. The minimum atomic E-state index is -0.939. The second kappa shape index (κ2) is 16.8. The van der Waals surface area contributed by atoms with Crippen LogP contribution in [0.1, 0.15) is 52.3 Å². The van der Waals surface area contributed by atoms with E-state index >= 15 is 0 Å². The number of aryl methyl sites for hydroxylation is 1. The van der Waals surface area contributed by atoms with Crippen LogP contribution in [0.3, 0.4) is 0 Å². The first-order chi connectivity index (χ1) is 25.7. The Kier molecular flexibility index (Phi) is 11.6. The molecule has 10 heteroatoms. The molecular formula is C43H43N3O7. The average Bonchev–Trinajstić information content (AvgIpc) is 3.51. The molecule has 2 atom stereocenters. The summed E-state index contributed by atoms with van der Waals surface area (Å²) < 4.78 is 22.6. The van der Waals surface area contributed by atoms with Crippen LogP contribution >= 0.6 is 0 Å². The quantitative estimate of drug-likeness (QED) is 0.115. The third kappa shape index (κ3) is 8.78. The summed E-state index contributed by atoms with van der Waals surface area (Å²) in [5.74, 6) is 0.771. The molecule has 0 heterocycles. The predicted octanol–water partition coefficient (Wildman–Crippen LogP) is 6.84. The van der Waals surface area contributed by atoms with Crippen LogP contribution in [0.25, 0.3) is 11.1 Å². The highest BCUT2D eigenvalue weighted by atomic mass is 16.5. The van der Waals surface area contributed by atoms with Gasteiger partial charge >= 0.3 is 6.09 Å². The van der Waals surface area contributed by atoms with Gasteiger partial charge in [-0.05, 0) is 77.6 Å². The van der Waals surface area contributed by atoms with Gasteiger partial charge in [-0.3, -0.25) is 9.59 Å². The van der Waals surface area contributed by atoms with Crippen molar-refractivity contribution in [1.29, 1.82) is 0 Å². The van der Waals surface area contributed by atoms with E-state index in [-0.39, 0.29) is 25.0 Å². The van der Waals surface area contributed by atoms with Crippen molar-refractivity contribution in [3.63, 3.8) is 0 Å². The van der Waals surface area contributed by atoms with Crippen LogP contribution < -0.4 is 30.2 Å². The Morgan fingerprint density at radius 1 is 0.736 bits per heavy atom. The van der Waals surface area contributed by atoms with Crippen molar-refractivity contribution >= 4 is 17.9 Å². The van der Waals surface area contributed by atoms with Crippen molar-refractivity contribution in [2.75, 3.05) is 27.4 Å². The summed E-state index contributed by atoms with van der Waals surface area (Å²) in [6.07, 6.45) is -0.700. The molecule has 0 bridgehead atoms. The number of rotatable bonds is 14.